The molecular weight excluding hydrogens is 254 g/mol. The first-order valence-electron chi connectivity index (χ1n) is 7.53. The summed E-state index contributed by atoms with van der Waals surface area (Å²) in [6, 6.07) is 6.09. The minimum Gasteiger partial charge on any atom is -0.354 e. The number of anilines is 1. The molecule has 0 saturated carbocycles. The van der Waals surface area contributed by atoms with Crippen molar-refractivity contribution in [2.45, 2.75) is 19.1 Å². The van der Waals surface area contributed by atoms with E-state index in [0.717, 1.165) is 64.6 Å². The molecule has 1 aromatic heterocycles. The number of piperazine rings is 1. The van der Waals surface area contributed by atoms with E-state index < -0.39 is 0 Å². The third kappa shape index (κ3) is 3.69. The summed E-state index contributed by atoms with van der Waals surface area (Å²) in [6.45, 7) is 7.01. The smallest absolute Gasteiger partial charge is 0.158 e. The highest BCUT2D eigenvalue weighted by atomic mass is 16.7. The molecule has 3 heterocycles. The second kappa shape index (κ2) is 7.02. The summed E-state index contributed by atoms with van der Waals surface area (Å²) in [5.41, 5.74) is 0. The van der Waals surface area contributed by atoms with Gasteiger partial charge in [0.25, 0.3) is 0 Å². The second-order valence-corrected chi connectivity index (χ2v) is 5.33. The molecule has 0 aromatic carbocycles. The predicted octanol–water partition coefficient (Wildman–Crippen LogP) is 1.36. The zero-order valence-electron chi connectivity index (χ0n) is 11.9. The van der Waals surface area contributed by atoms with Gasteiger partial charge in [-0.3, -0.25) is 4.90 Å². The Kier molecular flexibility index (Phi) is 4.84. The third-order valence-corrected chi connectivity index (χ3v) is 3.92. The van der Waals surface area contributed by atoms with Crippen molar-refractivity contribution in [2.24, 2.45) is 0 Å². The van der Waals surface area contributed by atoms with Gasteiger partial charge in [0.05, 0.1) is 13.2 Å². The van der Waals surface area contributed by atoms with Crippen LogP contribution in [0.2, 0.25) is 0 Å². The highest BCUT2D eigenvalue weighted by molar-refractivity contribution is 5.38. The molecule has 2 aliphatic heterocycles. The first-order valence-corrected chi connectivity index (χ1v) is 7.53. The minimum absolute atomic E-state index is 0.0116. The van der Waals surface area contributed by atoms with Crippen LogP contribution >= 0.6 is 0 Å². The summed E-state index contributed by atoms with van der Waals surface area (Å²) in [5, 5.41) is 0. The Balaban J connectivity index is 1.40. The molecule has 0 spiro atoms. The maximum absolute atomic E-state index is 5.59. The average molecular weight is 277 g/mol. The Labute approximate surface area is 120 Å². The van der Waals surface area contributed by atoms with Crippen molar-refractivity contribution >= 4 is 5.82 Å². The van der Waals surface area contributed by atoms with Crippen molar-refractivity contribution in [3.8, 4) is 0 Å². The molecule has 0 bridgehead atoms. The molecule has 110 valence electrons. The second-order valence-electron chi connectivity index (χ2n) is 5.33. The van der Waals surface area contributed by atoms with E-state index in [9.17, 15) is 0 Å². The summed E-state index contributed by atoms with van der Waals surface area (Å²) < 4.78 is 11.2. The number of pyridine rings is 1. The number of aromatic nitrogens is 1. The van der Waals surface area contributed by atoms with E-state index in [2.05, 4.69) is 20.9 Å². The van der Waals surface area contributed by atoms with Gasteiger partial charge in [-0.2, -0.15) is 0 Å². The highest BCUT2D eigenvalue weighted by Gasteiger charge is 2.20. The van der Waals surface area contributed by atoms with Gasteiger partial charge >= 0.3 is 0 Å². The molecule has 0 N–H and O–H groups in total. The Morgan fingerprint density at radius 1 is 1.10 bits per heavy atom. The van der Waals surface area contributed by atoms with Gasteiger partial charge in [-0.1, -0.05) is 6.07 Å². The summed E-state index contributed by atoms with van der Waals surface area (Å²) >= 11 is 0. The highest BCUT2D eigenvalue weighted by Crippen LogP contribution is 2.14. The van der Waals surface area contributed by atoms with Crippen molar-refractivity contribution in [3.63, 3.8) is 0 Å². The maximum atomic E-state index is 5.59. The molecule has 20 heavy (non-hydrogen) atoms. The fourth-order valence-electron chi connectivity index (χ4n) is 2.73. The van der Waals surface area contributed by atoms with Crippen molar-refractivity contribution in [1.29, 1.82) is 0 Å². The number of hydrogen-bond donors (Lipinski definition) is 0. The lowest BCUT2D eigenvalue weighted by molar-refractivity contribution is -0.182. The summed E-state index contributed by atoms with van der Waals surface area (Å²) in [5.74, 6) is 1.09. The molecular formula is C15H23N3O2. The molecule has 5 nitrogen and oxygen atoms in total. The standard InChI is InChI=1S/C15H23N3O2/c1-2-6-16-14(4-1)18-10-8-17(9-11-18)7-5-15-19-12-3-13-20-15/h1-2,4,6,15H,3,5,7-13H2. The average Bonchev–Trinajstić information content (AvgIpc) is 2.55. The van der Waals surface area contributed by atoms with Crippen molar-refractivity contribution in [2.75, 3.05) is 50.8 Å². The normalized spacial score (nSPS) is 22.1. The van der Waals surface area contributed by atoms with E-state index >= 15 is 0 Å². The van der Waals surface area contributed by atoms with Gasteiger partial charge in [0.2, 0.25) is 0 Å². The van der Waals surface area contributed by atoms with Gasteiger partial charge < -0.3 is 14.4 Å². The molecule has 0 aliphatic carbocycles. The van der Waals surface area contributed by atoms with E-state index in [4.69, 9.17) is 9.47 Å². The van der Waals surface area contributed by atoms with Crippen LogP contribution in [-0.2, 0) is 9.47 Å². The van der Waals surface area contributed by atoms with Crippen LogP contribution in [0.5, 0.6) is 0 Å². The van der Waals surface area contributed by atoms with Crippen LogP contribution in [-0.4, -0.2) is 62.1 Å². The SMILES string of the molecule is c1ccc(N2CCN(CCC3OCCCO3)CC2)nc1. The van der Waals surface area contributed by atoms with E-state index in [1.807, 2.05) is 18.3 Å². The molecule has 0 atom stereocenters. The molecule has 5 heteroatoms. The molecule has 1 aromatic rings. The van der Waals surface area contributed by atoms with E-state index in [1.54, 1.807) is 0 Å². The zero-order chi connectivity index (χ0) is 13.6. The van der Waals surface area contributed by atoms with Gasteiger partial charge in [0.1, 0.15) is 5.82 Å². The van der Waals surface area contributed by atoms with E-state index in [0.29, 0.717) is 0 Å². The summed E-state index contributed by atoms with van der Waals surface area (Å²) in [7, 11) is 0. The summed E-state index contributed by atoms with van der Waals surface area (Å²) in [6.07, 6.45) is 3.88. The predicted molar refractivity (Wildman–Crippen MR) is 77.8 cm³/mol. The lowest BCUT2D eigenvalue weighted by Crippen LogP contribution is -2.47. The van der Waals surface area contributed by atoms with Crippen LogP contribution in [0.4, 0.5) is 5.82 Å². The lowest BCUT2D eigenvalue weighted by atomic mass is 10.2. The van der Waals surface area contributed by atoms with Gasteiger partial charge in [-0.05, 0) is 18.6 Å². The van der Waals surface area contributed by atoms with E-state index in [-0.39, 0.29) is 6.29 Å². The number of hydrogen-bond acceptors (Lipinski definition) is 5. The lowest BCUT2D eigenvalue weighted by Gasteiger charge is -2.36. The van der Waals surface area contributed by atoms with Crippen molar-refractivity contribution < 1.29 is 9.47 Å². The first-order chi connectivity index (χ1) is 9.92. The van der Waals surface area contributed by atoms with Crippen LogP contribution < -0.4 is 4.90 Å². The molecule has 2 saturated heterocycles. The molecule has 0 unspecified atom stereocenters. The van der Waals surface area contributed by atoms with Gasteiger partial charge in [-0.25, -0.2) is 4.98 Å². The fourth-order valence-corrected chi connectivity index (χ4v) is 2.73. The number of ether oxygens (including phenoxy) is 2. The molecule has 3 rings (SSSR count). The summed E-state index contributed by atoms with van der Waals surface area (Å²) in [4.78, 5) is 9.25. The molecule has 2 aliphatic rings. The Bertz CT molecular complexity index is 387. The van der Waals surface area contributed by atoms with Gasteiger partial charge in [-0.15, -0.1) is 0 Å². The first kappa shape index (κ1) is 13.8. The third-order valence-electron chi connectivity index (χ3n) is 3.92. The van der Waals surface area contributed by atoms with Crippen LogP contribution in [0, 0.1) is 0 Å². The maximum Gasteiger partial charge on any atom is 0.158 e. The fraction of sp³-hybridized carbons (Fsp3) is 0.667. The van der Waals surface area contributed by atoms with E-state index in [1.165, 1.54) is 0 Å². The monoisotopic (exact) mass is 277 g/mol. The van der Waals surface area contributed by atoms with Gasteiger partial charge in [0, 0.05) is 45.3 Å². The van der Waals surface area contributed by atoms with Crippen molar-refractivity contribution in [1.82, 2.24) is 9.88 Å². The number of rotatable bonds is 4. The topological polar surface area (TPSA) is 37.8 Å². The molecule has 0 radical (unpaired) electrons. The van der Waals surface area contributed by atoms with Crippen LogP contribution in [0.15, 0.2) is 24.4 Å². The van der Waals surface area contributed by atoms with Crippen LogP contribution in [0.3, 0.4) is 0 Å². The van der Waals surface area contributed by atoms with Crippen LogP contribution in [0.1, 0.15) is 12.8 Å². The van der Waals surface area contributed by atoms with Gasteiger partial charge in [0.15, 0.2) is 6.29 Å². The Hall–Kier alpha value is -1.17. The zero-order valence-corrected chi connectivity index (χ0v) is 11.9. The molecule has 0 amide bonds. The number of nitrogens with zero attached hydrogens (tertiary/aromatic N) is 3. The Morgan fingerprint density at radius 3 is 2.60 bits per heavy atom. The quantitative estimate of drug-likeness (QED) is 0.830. The molecule has 2 fully saturated rings. The Morgan fingerprint density at radius 2 is 1.90 bits per heavy atom. The van der Waals surface area contributed by atoms with Crippen LogP contribution in [0.25, 0.3) is 0 Å². The largest absolute Gasteiger partial charge is 0.354 e. The minimum atomic E-state index is 0.0116. The van der Waals surface area contributed by atoms with Crippen molar-refractivity contribution in [3.05, 3.63) is 24.4 Å².